The number of hydrogen-bond donors (Lipinski definition) is 1. The number of nitrogens with zero attached hydrogens (tertiary/aromatic N) is 2. The van der Waals surface area contributed by atoms with Crippen LogP contribution in [0.3, 0.4) is 0 Å². The Morgan fingerprint density at radius 1 is 1.44 bits per heavy atom. The van der Waals surface area contributed by atoms with Crippen molar-refractivity contribution in [2.45, 2.75) is 59.4 Å². The second-order valence-electron chi connectivity index (χ2n) is 6.16. The largest absolute Gasteiger partial charge is 0.330 e. The van der Waals surface area contributed by atoms with Crippen molar-refractivity contribution in [3.05, 3.63) is 17.5 Å². The lowest BCUT2D eigenvalue weighted by Gasteiger charge is -2.38. The van der Waals surface area contributed by atoms with Crippen molar-refractivity contribution in [2.24, 2.45) is 17.1 Å². The van der Waals surface area contributed by atoms with Gasteiger partial charge in [-0.05, 0) is 57.1 Å². The van der Waals surface area contributed by atoms with Crippen LogP contribution >= 0.6 is 0 Å². The summed E-state index contributed by atoms with van der Waals surface area (Å²) in [6.45, 7) is 8.37. The van der Waals surface area contributed by atoms with Crippen molar-refractivity contribution in [1.29, 1.82) is 0 Å². The van der Waals surface area contributed by atoms with E-state index in [1.807, 2.05) is 0 Å². The monoisotopic (exact) mass is 249 g/mol. The first-order valence-corrected chi connectivity index (χ1v) is 7.32. The van der Waals surface area contributed by atoms with Crippen molar-refractivity contribution in [3.8, 4) is 0 Å². The minimum Gasteiger partial charge on any atom is -0.330 e. The third-order valence-electron chi connectivity index (χ3n) is 4.61. The molecule has 1 fully saturated rings. The first-order chi connectivity index (χ1) is 8.58. The highest BCUT2D eigenvalue weighted by atomic mass is 15.3. The van der Waals surface area contributed by atoms with E-state index in [0.29, 0.717) is 5.41 Å². The molecular weight excluding hydrogens is 222 g/mol. The predicted molar refractivity (Wildman–Crippen MR) is 75.5 cm³/mol. The maximum Gasteiger partial charge on any atom is 0.0596 e. The maximum absolute atomic E-state index is 6.10. The van der Waals surface area contributed by atoms with E-state index in [9.17, 15) is 0 Å². The van der Waals surface area contributed by atoms with E-state index in [-0.39, 0.29) is 0 Å². The minimum atomic E-state index is 0.325. The summed E-state index contributed by atoms with van der Waals surface area (Å²) in [6, 6.07) is 2.24. The van der Waals surface area contributed by atoms with Crippen LogP contribution in [-0.4, -0.2) is 16.3 Å². The number of nitrogens with two attached hydrogens (primary N) is 1. The van der Waals surface area contributed by atoms with Crippen LogP contribution in [0.4, 0.5) is 0 Å². The number of aryl methyl sites for hydroxylation is 2. The molecule has 1 saturated carbocycles. The summed E-state index contributed by atoms with van der Waals surface area (Å²) in [5.74, 6) is 0.877. The molecule has 1 aliphatic carbocycles. The second-order valence-corrected chi connectivity index (χ2v) is 6.16. The van der Waals surface area contributed by atoms with Crippen LogP contribution in [0.1, 0.15) is 50.9 Å². The molecule has 0 aliphatic heterocycles. The van der Waals surface area contributed by atoms with Crippen LogP contribution in [0.15, 0.2) is 6.07 Å². The van der Waals surface area contributed by atoms with E-state index in [1.54, 1.807) is 0 Å². The number of rotatable bonds is 4. The fourth-order valence-corrected chi connectivity index (χ4v) is 3.23. The predicted octanol–water partition coefficient (Wildman–Crippen LogP) is 2.91. The maximum atomic E-state index is 6.10. The zero-order chi connectivity index (χ0) is 13.2. The zero-order valence-electron chi connectivity index (χ0n) is 12.1. The van der Waals surface area contributed by atoms with Gasteiger partial charge in [-0.3, -0.25) is 4.68 Å². The van der Waals surface area contributed by atoms with Crippen molar-refractivity contribution in [3.63, 3.8) is 0 Å². The molecule has 0 spiro atoms. The van der Waals surface area contributed by atoms with Gasteiger partial charge in [0.15, 0.2) is 0 Å². The van der Waals surface area contributed by atoms with Crippen LogP contribution in [0.2, 0.25) is 0 Å². The summed E-state index contributed by atoms with van der Waals surface area (Å²) in [5.41, 5.74) is 8.92. The third kappa shape index (κ3) is 2.77. The Bertz CT molecular complexity index is 386. The topological polar surface area (TPSA) is 43.8 Å². The molecular formula is C15H27N3. The molecule has 2 N–H and O–H groups in total. The molecule has 0 unspecified atom stereocenters. The highest BCUT2D eigenvalue weighted by molar-refractivity contribution is 5.12. The van der Waals surface area contributed by atoms with Gasteiger partial charge in [-0.15, -0.1) is 0 Å². The van der Waals surface area contributed by atoms with Crippen LogP contribution in [0, 0.1) is 18.3 Å². The van der Waals surface area contributed by atoms with E-state index in [4.69, 9.17) is 5.73 Å². The molecule has 1 aromatic heterocycles. The van der Waals surface area contributed by atoms with Gasteiger partial charge < -0.3 is 5.73 Å². The first-order valence-electron chi connectivity index (χ1n) is 7.32. The zero-order valence-corrected chi connectivity index (χ0v) is 12.1. The van der Waals surface area contributed by atoms with Gasteiger partial charge in [-0.2, -0.15) is 5.10 Å². The fraction of sp³-hybridized carbons (Fsp3) is 0.800. The van der Waals surface area contributed by atoms with E-state index in [2.05, 4.69) is 36.6 Å². The lowest BCUT2D eigenvalue weighted by atomic mass is 9.68. The van der Waals surface area contributed by atoms with E-state index >= 15 is 0 Å². The lowest BCUT2D eigenvalue weighted by Crippen LogP contribution is -2.37. The molecule has 0 saturated heterocycles. The van der Waals surface area contributed by atoms with Crippen molar-refractivity contribution < 1.29 is 0 Å². The molecule has 18 heavy (non-hydrogen) atoms. The van der Waals surface area contributed by atoms with Gasteiger partial charge in [0.25, 0.3) is 0 Å². The average molecular weight is 249 g/mol. The fourth-order valence-electron chi connectivity index (χ4n) is 3.23. The van der Waals surface area contributed by atoms with Gasteiger partial charge >= 0.3 is 0 Å². The quantitative estimate of drug-likeness (QED) is 0.891. The van der Waals surface area contributed by atoms with Gasteiger partial charge in [0, 0.05) is 12.2 Å². The van der Waals surface area contributed by atoms with E-state index < -0.39 is 0 Å². The third-order valence-corrected chi connectivity index (χ3v) is 4.61. The van der Waals surface area contributed by atoms with E-state index in [1.165, 1.54) is 31.4 Å². The molecule has 2 rings (SSSR count). The molecule has 3 nitrogen and oxygen atoms in total. The molecule has 1 aliphatic rings. The highest BCUT2D eigenvalue weighted by Crippen LogP contribution is 2.40. The van der Waals surface area contributed by atoms with Gasteiger partial charge in [0.2, 0.25) is 0 Å². The Kier molecular flexibility index (Phi) is 4.10. The Balaban J connectivity index is 2.14. The van der Waals surface area contributed by atoms with Crippen molar-refractivity contribution >= 4 is 0 Å². The smallest absolute Gasteiger partial charge is 0.0596 e. The van der Waals surface area contributed by atoms with Crippen molar-refractivity contribution in [1.82, 2.24) is 9.78 Å². The summed E-state index contributed by atoms with van der Waals surface area (Å²) in [7, 11) is 0. The van der Waals surface area contributed by atoms with Gasteiger partial charge in [-0.25, -0.2) is 0 Å². The lowest BCUT2D eigenvalue weighted by molar-refractivity contribution is 0.160. The number of hydrogen-bond acceptors (Lipinski definition) is 2. The molecule has 0 radical (unpaired) electrons. The second kappa shape index (κ2) is 5.43. The Morgan fingerprint density at radius 2 is 2.11 bits per heavy atom. The Hall–Kier alpha value is -0.830. The highest BCUT2D eigenvalue weighted by Gasteiger charge is 2.34. The molecule has 1 aromatic rings. The van der Waals surface area contributed by atoms with Gasteiger partial charge in [0.1, 0.15) is 0 Å². The van der Waals surface area contributed by atoms with Gasteiger partial charge in [0.05, 0.1) is 5.69 Å². The minimum absolute atomic E-state index is 0.325. The molecule has 0 aromatic carbocycles. The molecule has 1 heterocycles. The Morgan fingerprint density at radius 3 is 2.67 bits per heavy atom. The number of aromatic nitrogens is 2. The van der Waals surface area contributed by atoms with Crippen molar-refractivity contribution in [2.75, 3.05) is 6.54 Å². The molecule has 0 amide bonds. The SMILES string of the molecule is CCn1nc(C)cc1CC1(CN)CCC(C)CC1. The summed E-state index contributed by atoms with van der Waals surface area (Å²) in [5, 5.41) is 4.55. The van der Waals surface area contributed by atoms with Crippen LogP contribution < -0.4 is 5.73 Å². The van der Waals surface area contributed by atoms with Crippen LogP contribution in [0.25, 0.3) is 0 Å². The summed E-state index contributed by atoms with van der Waals surface area (Å²) >= 11 is 0. The average Bonchev–Trinajstić information content (AvgIpc) is 2.72. The summed E-state index contributed by atoms with van der Waals surface area (Å²) in [4.78, 5) is 0. The van der Waals surface area contributed by atoms with Gasteiger partial charge in [-0.1, -0.05) is 19.8 Å². The first kappa shape index (κ1) is 13.6. The summed E-state index contributed by atoms with van der Waals surface area (Å²) in [6.07, 6.45) is 6.31. The van der Waals surface area contributed by atoms with Crippen LogP contribution in [-0.2, 0) is 13.0 Å². The molecule has 102 valence electrons. The molecule has 0 atom stereocenters. The van der Waals surface area contributed by atoms with E-state index in [0.717, 1.165) is 31.1 Å². The summed E-state index contributed by atoms with van der Waals surface area (Å²) < 4.78 is 2.14. The standard InChI is InChI=1S/C15H27N3/c1-4-18-14(9-13(3)17-18)10-15(11-16)7-5-12(2)6-8-15/h9,12H,4-8,10-11,16H2,1-3H3. The normalized spacial score (nSPS) is 28.6. The molecule has 3 heteroatoms. The van der Waals surface area contributed by atoms with Crippen LogP contribution in [0.5, 0.6) is 0 Å². The Labute approximate surface area is 111 Å². The molecule has 0 bridgehead atoms.